The van der Waals surface area contributed by atoms with Crippen LogP contribution in [0, 0.1) is 6.92 Å². The van der Waals surface area contributed by atoms with Crippen molar-refractivity contribution in [3.05, 3.63) is 23.8 Å². The molecular weight excluding hydrogens is 220 g/mol. The van der Waals surface area contributed by atoms with Gasteiger partial charge in [0, 0.05) is 0 Å². The predicted octanol–water partition coefficient (Wildman–Crippen LogP) is 2.52. The number of hydrogen-bond donors (Lipinski definition) is 0. The van der Waals surface area contributed by atoms with Crippen LogP contribution in [0.1, 0.15) is 19.4 Å². The molecule has 0 saturated heterocycles. The van der Waals surface area contributed by atoms with Gasteiger partial charge in [-0.2, -0.15) is 9.98 Å². The molecule has 0 aliphatic heterocycles. The van der Waals surface area contributed by atoms with Crippen LogP contribution >= 0.6 is 0 Å². The van der Waals surface area contributed by atoms with Crippen molar-refractivity contribution in [2.45, 2.75) is 20.8 Å². The molecule has 0 aromatic heterocycles. The Morgan fingerprint density at radius 3 is 2.12 bits per heavy atom. The minimum absolute atomic E-state index is 0.167. The van der Waals surface area contributed by atoms with Crippen molar-refractivity contribution in [1.29, 1.82) is 0 Å². The van der Waals surface area contributed by atoms with E-state index in [9.17, 15) is 14.4 Å². The SMILES string of the molecule is CC(C)=O.Cc1ccc(N=C=O)cc1N=C=O. The Labute approximate surface area is 98.9 Å². The first-order valence-electron chi connectivity index (χ1n) is 4.74. The first-order valence-corrected chi connectivity index (χ1v) is 4.74. The molecule has 0 spiro atoms. The Morgan fingerprint density at radius 1 is 1.12 bits per heavy atom. The largest absolute Gasteiger partial charge is 0.300 e. The molecule has 0 heterocycles. The maximum atomic E-state index is 10.00. The fourth-order valence-corrected chi connectivity index (χ4v) is 0.890. The third-order valence-electron chi connectivity index (χ3n) is 1.53. The molecule has 88 valence electrons. The van der Waals surface area contributed by atoms with Gasteiger partial charge in [0.1, 0.15) is 5.78 Å². The van der Waals surface area contributed by atoms with Gasteiger partial charge in [0.05, 0.1) is 11.4 Å². The van der Waals surface area contributed by atoms with Gasteiger partial charge in [-0.25, -0.2) is 9.59 Å². The molecule has 0 radical (unpaired) electrons. The van der Waals surface area contributed by atoms with Crippen LogP contribution in [-0.2, 0) is 14.4 Å². The van der Waals surface area contributed by atoms with Crippen LogP contribution in [-0.4, -0.2) is 17.9 Å². The lowest BCUT2D eigenvalue weighted by Gasteiger charge is -1.97. The van der Waals surface area contributed by atoms with E-state index in [0.29, 0.717) is 11.4 Å². The van der Waals surface area contributed by atoms with Crippen molar-refractivity contribution in [3.63, 3.8) is 0 Å². The zero-order valence-corrected chi connectivity index (χ0v) is 9.85. The Kier molecular flexibility index (Phi) is 6.79. The average molecular weight is 232 g/mol. The van der Waals surface area contributed by atoms with Crippen molar-refractivity contribution < 1.29 is 14.4 Å². The van der Waals surface area contributed by atoms with E-state index in [4.69, 9.17) is 0 Å². The molecule has 0 atom stereocenters. The summed E-state index contributed by atoms with van der Waals surface area (Å²) in [7, 11) is 0. The lowest BCUT2D eigenvalue weighted by atomic mass is 10.2. The van der Waals surface area contributed by atoms with Crippen LogP contribution in [0.15, 0.2) is 28.2 Å². The lowest BCUT2D eigenvalue weighted by Crippen LogP contribution is -1.73. The van der Waals surface area contributed by atoms with Gasteiger partial charge < -0.3 is 4.79 Å². The van der Waals surface area contributed by atoms with Gasteiger partial charge in [0.25, 0.3) is 0 Å². The van der Waals surface area contributed by atoms with Crippen LogP contribution in [0.5, 0.6) is 0 Å². The Hall–Kier alpha value is -2.35. The van der Waals surface area contributed by atoms with Crippen molar-refractivity contribution >= 4 is 29.3 Å². The van der Waals surface area contributed by atoms with E-state index >= 15 is 0 Å². The normalized spacial score (nSPS) is 7.94. The molecule has 5 heteroatoms. The molecule has 1 aromatic carbocycles. The summed E-state index contributed by atoms with van der Waals surface area (Å²) in [6, 6.07) is 4.88. The average Bonchev–Trinajstić information content (AvgIpc) is 2.23. The molecule has 17 heavy (non-hydrogen) atoms. The van der Waals surface area contributed by atoms with Crippen LogP contribution in [0.2, 0.25) is 0 Å². The second-order valence-corrected chi connectivity index (χ2v) is 3.29. The fourth-order valence-electron chi connectivity index (χ4n) is 0.890. The number of aryl methyl sites for hydroxylation is 1. The number of benzene rings is 1. The van der Waals surface area contributed by atoms with Gasteiger partial charge in [-0.05, 0) is 38.5 Å². The van der Waals surface area contributed by atoms with Gasteiger partial charge in [-0.3, -0.25) is 0 Å². The number of aliphatic imine (C=N–C) groups is 2. The van der Waals surface area contributed by atoms with Crippen LogP contribution in [0.25, 0.3) is 0 Å². The van der Waals surface area contributed by atoms with E-state index in [2.05, 4.69) is 9.98 Å². The molecule has 0 saturated carbocycles. The first-order chi connectivity index (χ1) is 8.01. The molecule has 0 bridgehead atoms. The van der Waals surface area contributed by atoms with Gasteiger partial charge in [-0.1, -0.05) is 6.07 Å². The van der Waals surface area contributed by atoms with Crippen LogP contribution < -0.4 is 0 Å². The zero-order chi connectivity index (χ0) is 13.3. The number of carbonyl (C=O) groups excluding carboxylic acids is 3. The van der Waals surface area contributed by atoms with Gasteiger partial charge >= 0.3 is 0 Å². The van der Waals surface area contributed by atoms with E-state index in [-0.39, 0.29) is 5.78 Å². The highest BCUT2D eigenvalue weighted by atomic mass is 16.1. The summed E-state index contributed by atoms with van der Waals surface area (Å²) < 4.78 is 0. The summed E-state index contributed by atoms with van der Waals surface area (Å²) in [6.07, 6.45) is 2.84. The van der Waals surface area contributed by atoms with E-state index in [0.717, 1.165) is 5.56 Å². The Balaban J connectivity index is 0.000000557. The smallest absolute Gasteiger partial charge is 0.240 e. The highest BCUT2D eigenvalue weighted by Gasteiger charge is 1.97. The molecule has 0 aliphatic rings. The third-order valence-corrected chi connectivity index (χ3v) is 1.53. The molecule has 1 aromatic rings. The molecule has 0 aliphatic carbocycles. The second kappa shape index (κ2) is 7.88. The molecular formula is C12H12N2O3. The Bertz CT molecular complexity index is 492. The number of ketones is 1. The van der Waals surface area contributed by atoms with E-state index in [1.165, 1.54) is 32.1 Å². The number of nitrogens with zero attached hydrogens (tertiary/aromatic N) is 2. The predicted molar refractivity (Wildman–Crippen MR) is 63.1 cm³/mol. The van der Waals surface area contributed by atoms with E-state index in [1.807, 2.05) is 0 Å². The van der Waals surface area contributed by atoms with Gasteiger partial charge in [-0.15, -0.1) is 0 Å². The maximum Gasteiger partial charge on any atom is 0.240 e. The summed E-state index contributed by atoms with van der Waals surface area (Å²) in [5.41, 5.74) is 1.72. The summed E-state index contributed by atoms with van der Waals surface area (Å²) in [4.78, 5) is 36.2. The third kappa shape index (κ3) is 6.68. The number of rotatable bonds is 2. The summed E-state index contributed by atoms with van der Waals surface area (Å²) in [5.74, 6) is 0.167. The van der Waals surface area contributed by atoms with Gasteiger partial charge in [0.15, 0.2) is 0 Å². The molecule has 5 nitrogen and oxygen atoms in total. The summed E-state index contributed by atoms with van der Waals surface area (Å²) in [5, 5.41) is 0. The number of hydrogen-bond acceptors (Lipinski definition) is 5. The minimum atomic E-state index is 0.167. The monoisotopic (exact) mass is 232 g/mol. The Morgan fingerprint density at radius 2 is 1.65 bits per heavy atom. The second-order valence-electron chi connectivity index (χ2n) is 3.29. The van der Waals surface area contributed by atoms with Gasteiger partial charge in [0.2, 0.25) is 12.2 Å². The van der Waals surface area contributed by atoms with E-state index in [1.54, 1.807) is 19.1 Å². The summed E-state index contributed by atoms with van der Waals surface area (Å²) in [6.45, 7) is 4.85. The standard InChI is InChI=1S/C9H6N2O2.C3H6O/c1-7-2-3-8(10-5-12)4-9(7)11-6-13;1-3(2)4/h2-4H,1H3;1-2H3. The minimum Gasteiger partial charge on any atom is -0.300 e. The molecule has 0 fully saturated rings. The number of Topliss-reactive ketones (excluding diaryl/α,β-unsaturated/α-hetero) is 1. The van der Waals surface area contributed by atoms with Crippen molar-refractivity contribution in [2.24, 2.45) is 9.98 Å². The van der Waals surface area contributed by atoms with Crippen LogP contribution in [0.4, 0.5) is 11.4 Å². The van der Waals surface area contributed by atoms with Crippen molar-refractivity contribution in [2.75, 3.05) is 0 Å². The number of isocyanates is 2. The van der Waals surface area contributed by atoms with E-state index < -0.39 is 0 Å². The first kappa shape index (κ1) is 14.6. The maximum absolute atomic E-state index is 10.00. The zero-order valence-electron chi connectivity index (χ0n) is 9.85. The van der Waals surface area contributed by atoms with Crippen LogP contribution in [0.3, 0.4) is 0 Å². The lowest BCUT2D eigenvalue weighted by molar-refractivity contribution is -0.114. The quantitative estimate of drug-likeness (QED) is 0.580. The fraction of sp³-hybridized carbons (Fsp3) is 0.250. The highest BCUT2D eigenvalue weighted by Crippen LogP contribution is 2.23. The molecule has 1 rings (SSSR count). The number of carbonyl (C=O) groups is 1. The molecule has 0 amide bonds. The summed E-state index contributed by atoms with van der Waals surface area (Å²) >= 11 is 0. The molecule has 0 N–H and O–H groups in total. The highest BCUT2D eigenvalue weighted by molar-refractivity contribution is 5.72. The topological polar surface area (TPSA) is 75.9 Å². The molecule has 0 unspecified atom stereocenters. The van der Waals surface area contributed by atoms with Crippen molar-refractivity contribution in [3.8, 4) is 0 Å². The van der Waals surface area contributed by atoms with Crippen molar-refractivity contribution in [1.82, 2.24) is 0 Å².